The van der Waals surface area contributed by atoms with E-state index in [1.165, 1.54) is 19.2 Å². The molecule has 25 heavy (non-hydrogen) atoms. The van der Waals surface area contributed by atoms with Crippen molar-refractivity contribution in [2.24, 2.45) is 0 Å². The number of carbonyl (C=O) groups excluding carboxylic acids is 2. The zero-order valence-corrected chi connectivity index (χ0v) is 13.8. The number of carbonyl (C=O) groups is 2. The normalized spacial score (nSPS) is 11.7. The first-order valence-electron chi connectivity index (χ1n) is 7.58. The predicted octanol–water partition coefficient (Wildman–Crippen LogP) is 3.04. The molecule has 0 fully saturated rings. The van der Waals surface area contributed by atoms with Gasteiger partial charge in [0.05, 0.1) is 24.9 Å². The molecule has 0 aromatic heterocycles. The number of benzene rings is 2. The maximum atomic E-state index is 13.7. The minimum absolute atomic E-state index is 0.118. The molecular formula is C18H18F2N2O3. The Morgan fingerprint density at radius 1 is 1.16 bits per heavy atom. The minimum Gasteiger partial charge on any atom is -0.465 e. The highest BCUT2D eigenvalue weighted by Gasteiger charge is 2.15. The third kappa shape index (κ3) is 4.84. The highest BCUT2D eigenvalue weighted by molar-refractivity contribution is 6.01. The van der Waals surface area contributed by atoms with Crippen molar-refractivity contribution in [1.82, 2.24) is 5.32 Å². The number of esters is 1. The number of ether oxygens (including phenoxy) is 1. The van der Waals surface area contributed by atoms with E-state index in [0.717, 1.165) is 12.1 Å². The van der Waals surface area contributed by atoms with Gasteiger partial charge in [0.2, 0.25) is 5.91 Å². The predicted molar refractivity (Wildman–Crippen MR) is 89.2 cm³/mol. The molecule has 0 aliphatic heterocycles. The summed E-state index contributed by atoms with van der Waals surface area (Å²) in [5.74, 6) is -2.32. The molecule has 0 bridgehead atoms. The van der Waals surface area contributed by atoms with Crippen LogP contribution in [0.15, 0.2) is 42.5 Å². The first kappa shape index (κ1) is 18.5. The third-order valence-electron chi connectivity index (χ3n) is 3.60. The molecule has 2 N–H and O–H groups in total. The molecular weight excluding hydrogens is 330 g/mol. The molecule has 7 heteroatoms. The van der Waals surface area contributed by atoms with Gasteiger partial charge in [-0.2, -0.15) is 0 Å². The van der Waals surface area contributed by atoms with Crippen molar-refractivity contribution in [3.63, 3.8) is 0 Å². The van der Waals surface area contributed by atoms with E-state index in [1.807, 2.05) is 0 Å². The number of hydrogen-bond acceptors (Lipinski definition) is 4. The van der Waals surface area contributed by atoms with Crippen LogP contribution >= 0.6 is 0 Å². The minimum atomic E-state index is -0.684. The molecule has 1 amide bonds. The van der Waals surface area contributed by atoms with E-state index in [4.69, 9.17) is 0 Å². The lowest BCUT2D eigenvalue weighted by molar-refractivity contribution is -0.115. The van der Waals surface area contributed by atoms with Crippen LogP contribution in [-0.4, -0.2) is 25.5 Å². The molecule has 0 spiro atoms. The second-order valence-electron chi connectivity index (χ2n) is 5.35. The number of rotatable bonds is 6. The molecule has 2 aromatic rings. The van der Waals surface area contributed by atoms with Crippen LogP contribution < -0.4 is 10.6 Å². The van der Waals surface area contributed by atoms with Crippen LogP contribution in [0, 0.1) is 11.6 Å². The Hall–Kier alpha value is -2.80. The Bertz CT molecular complexity index is 781. The van der Waals surface area contributed by atoms with Crippen LogP contribution in [0.1, 0.15) is 28.9 Å². The van der Waals surface area contributed by atoms with Crippen molar-refractivity contribution >= 4 is 17.6 Å². The van der Waals surface area contributed by atoms with E-state index in [1.54, 1.807) is 25.1 Å². The van der Waals surface area contributed by atoms with Gasteiger partial charge in [0.15, 0.2) is 0 Å². The molecule has 0 radical (unpaired) electrons. The highest BCUT2D eigenvalue weighted by Crippen LogP contribution is 2.18. The summed E-state index contributed by atoms with van der Waals surface area (Å²) in [5, 5.41) is 5.45. The fraction of sp³-hybridized carbons (Fsp3) is 0.222. The van der Waals surface area contributed by atoms with Crippen molar-refractivity contribution in [1.29, 1.82) is 0 Å². The van der Waals surface area contributed by atoms with Crippen LogP contribution in [0.4, 0.5) is 14.5 Å². The Kier molecular flexibility index (Phi) is 6.19. The van der Waals surface area contributed by atoms with Crippen LogP contribution in [0.3, 0.4) is 0 Å². The second-order valence-corrected chi connectivity index (χ2v) is 5.35. The molecule has 5 nitrogen and oxygen atoms in total. The van der Waals surface area contributed by atoms with Gasteiger partial charge >= 0.3 is 5.97 Å². The summed E-state index contributed by atoms with van der Waals surface area (Å²) in [4.78, 5) is 23.7. The first-order valence-corrected chi connectivity index (χ1v) is 7.58. The average molecular weight is 348 g/mol. The molecule has 0 saturated heterocycles. The Morgan fingerprint density at radius 3 is 2.56 bits per heavy atom. The fourth-order valence-electron chi connectivity index (χ4n) is 2.28. The molecule has 1 atom stereocenters. The lowest BCUT2D eigenvalue weighted by atomic mass is 10.1. The van der Waals surface area contributed by atoms with Gasteiger partial charge in [-0.05, 0) is 25.1 Å². The molecule has 0 aliphatic carbocycles. The quantitative estimate of drug-likeness (QED) is 0.788. The molecule has 2 aromatic carbocycles. The summed E-state index contributed by atoms with van der Waals surface area (Å²) in [6.07, 6.45) is 0. The summed E-state index contributed by atoms with van der Waals surface area (Å²) in [5.41, 5.74) is 0.807. The summed E-state index contributed by atoms with van der Waals surface area (Å²) >= 11 is 0. The molecule has 0 aliphatic rings. The summed E-state index contributed by atoms with van der Waals surface area (Å²) in [6, 6.07) is 9.21. The number of halogens is 2. The van der Waals surface area contributed by atoms with E-state index in [2.05, 4.69) is 15.4 Å². The van der Waals surface area contributed by atoms with Crippen molar-refractivity contribution in [2.45, 2.75) is 13.0 Å². The smallest absolute Gasteiger partial charge is 0.339 e. The third-order valence-corrected chi connectivity index (χ3v) is 3.60. The Balaban J connectivity index is 1.98. The van der Waals surface area contributed by atoms with E-state index in [9.17, 15) is 18.4 Å². The SMILES string of the molecule is COC(=O)c1ccccc1NC(=O)CNC(C)c1ccc(F)cc1F. The molecule has 0 saturated carbocycles. The number of para-hydroxylation sites is 1. The van der Waals surface area contributed by atoms with Gasteiger partial charge in [0.25, 0.3) is 0 Å². The van der Waals surface area contributed by atoms with Crippen molar-refractivity contribution in [3.8, 4) is 0 Å². The molecule has 132 valence electrons. The van der Waals surface area contributed by atoms with Gasteiger partial charge in [-0.25, -0.2) is 13.6 Å². The number of methoxy groups -OCH3 is 1. The van der Waals surface area contributed by atoms with Gasteiger partial charge in [0.1, 0.15) is 11.6 Å². The number of hydrogen-bond donors (Lipinski definition) is 2. The van der Waals surface area contributed by atoms with Crippen LogP contribution in [0.2, 0.25) is 0 Å². The zero-order chi connectivity index (χ0) is 18.4. The van der Waals surface area contributed by atoms with Gasteiger partial charge < -0.3 is 15.4 Å². The molecule has 2 rings (SSSR count). The summed E-state index contributed by atoms with van der Waals surface area (Å²) < 4.78 is 31.3. The first-order chi connectivity index (χ1) is 11.9. The zero-order valence-electron chi connectivity index (χ0n) is 13.8. The van der Waals surface area contributed by atoms with E-state index >= 15 is 0 Å². The number of amides is 1. The maximum absolute atomic E-state index is 13.7. The van der Waals surface area contributed by atoms with Crippen molar-refractivity contribution < 1.29 is 23.1 Å². The highest BCUT2D eigenvalue weighted by atomic mass is 19.1. The lowest BCUT2D eigenvalue weighted by Gasteiger charge is -2.15. The van der Waals surface area contributed by atoms with Crippen LogP contribution in [-0.2, 0) is 9.53 Å². The number of anilines is 1. The van der Waals surface area contributed by atoms with Gasteiger partial charge in [-0.1, -0.05) is 18.2 Å². The Morgan fingerprint density at radius 2 is 1.88 bits per heavy atom. The van der Waals surface area contributed by atoms with E-state index in [-0.39, 0.29) is 17.7 Å². The van der Waals surface area contributed by atoms with Gasteiger partial charge in [-0.15, -0.1) is 0 Å². The summed E-state index contributed by atoms with van der Waals surface area (Å²) in [7, 11) is 1.25. The van der Waals surface area contributed by atoms with Crippen molar-refractivity contribution in [3.05, 3.63) is 65.2 Å². The van der Waals surface area contributed by atoms with Crippen LogP contribution in [0.25, 0.3) is 0 Å². The van der Waals surface area contributed by atoms with Crippen LogP contribution in [0.5, 0.6) is 0 Å². The topological polar surface area (TPSA) is 67.4 Å². The second kappa shape index (κ2) is 8.34. The van der Waals surface area contributed by atoms with Crippen molar-refractivity contribution in [2.75, 3.05) is 19.0 Å². The maximum Gasteiger partial charge on any atom is 0.339 e. The van der Waals surface area contributed by atoms with E-state index < -0.39 is 29.6 Å². The average Bonchev–Trinajstić information content (AvgIpc) is 2.59. The lowest BCUT2D eigenvalue weighted by Crippen LogP contribution is -2.31. The van der Waals surface area contributed by atoms with Gasteiger partial charge in [0, 0.05) is 17.7 Å². The summed E-state index contributed by atoms with van der Waals surface area (Å²) in [6.45, 7) is 1.54. The number of nitrogens with one attached hydrogen (secondary N) is 2. The van der Waals surface area contributed by atoms with E-state index in [0.29, 0.717) is 5.69 Å². The monoisotopic (exact) mass is 348 g/mol. The van der Waals surface area contributed by atoms with Gasteiger partial charge in [-0.3, -0.25) is 4.79 Å². The Labute approximate surface area is 144 Å². The molecule has 1 unspecified atom stereocenters. The largest absolute Gasteiger partial charge is 0.465 e. The standard InChI is InChI=1S/C18H18F2N2O3/c1-11(13-8-7-12(19)9-15(13)20)21-10-17(23)22-16-6-4-3-5-14(16)18(24)25-2/h3-9,11,21H,10H2,1-2H3,(H,22,23). The fourth-order valence-corrected chi connectivity index (χ4v) is 2.28. The molecule has 0 heterocycles.